The van der Waals surface area contributed by atoms with Crippen molar-refractivity contribution in [2.75, 3.05) is 26.7 Å². The smallest absolute Gasteiger partial charge is 0.238 e. The summed E-state index contributed by atoms with van der Waals surface area (Å²) < 4.78 is 28.2. The number of nitrogens with zero attached hydrogens (tertiary/aromatic N) is 1. The number of carbonyl (C=O) groups excluding carboxylic acids is 1. The standard InChI is InChI=1S/C19H25N3O4S/c1-15-5-3-4-6-18(15)26-12-11-22(2)14-19(23)21-13-16-7-9-17(10-8-16)27(20,24)25/h3-10H,11-14H2,1-2H3,(H,21,23)(H2,20,24,25). The highest BCUT2D eigenvalue weighted by Crippen LogP contribution is 2.15. The Hall–Kier alpha value is -2.42. The second-order valence-electron chi connectivity index (χ2n) is 6.32. The maximum Gasteiger partial charge on any atom is 0.238 e. The summed E-state index contributed by atoms with van der Waals surface area (Å²) in [5, 5.41) is 7.86. The molecule has 0 saturated carbocycles. The van der Waals surface area contributed by atoms with E-state index in [0.29, 0.717) is 19.7 Å². The van der Waals surface area contributed by atoms with E-state index in [2.05, 4.69) is 5.32 Å². The number of primary sulfonamides is 1. The lowest BCUT2D eigenvalue weighted by atomic mass is 10.2. The van der Waals surface area contributed by atoms with E-state index in [-0.39, 0.29) is 17.3 Å². The predicted octanol–water partition coefficient (Wildman–Crippen LogP) is 1.27. The number of rotatable bonds is 9. The van der Waals surface area contributed by atoms with Gasteiger partial charge in [0.1, 0.15) is 12.4 Å². The summed E-state index contributed by atoms with van der Waals surface area (Å²) in [4.78, 5) is 14.0. The third-order valence-electron chi connectivity index (χ3n) is 3.98. The third kappa shape index (κ3) is 7.01. The normalized spacial score (nSPS) is 11.4. The van der Waals surface area contributed by atoms with E-state index in [0.717, 1.165) is 16.9 Å². The Morgan fingerprint density at radius 2 is 1.81 bits per heavy atom. The van der Waals surface area contributed by atoms with E-state index in [1.165, 1.54) is 12.1 Å². The van der Waals surface area contributed by atoms with E-state index in [1.54, 1.807) is 12.1 Å². The van der Waals surface area contributed by atoms with Crippen LogP contribution in [0, 0.1) is 6.92 Å². The van der Waals surface area contributed by atoms with Gasteiger partial charge in [-0.05, 0) is 43.3 Å². The number of likely N-dealkylation sites (N-methyl/N-ethyl adjacent to an activating group) is 1. The summed E-state index contributed by atoms with van der Waals surface area (Å²) in [5.41, 5.74) is 1.87. The molecule has 0 fully saturated rings. The molecule has 146 valence electrons. The Balaban J connectivity index is 1.71. The molecule has 2 aromatic carbocycles. The number of para-hydroxylation sites is 1. The number of hydrogen-bond acceptors (Lipinski definition) is 5. The molecule has 7 nitrogen and oxygen atoms in total. The molecule has 0 aliphatic carbocycles. The molecule has 0 heterocycles. The van der Waals surface area contributed by atoms with Crippen LogP contribution < -0.4 is 15.2 Å². The Labute approximate surface area is 160 Å². The highest BCUT2D eigenvalue weighted by atomic mass is 32.2. The van der Waals surface area contributed by atoms with Crippen molar-refractivity contribution < 1.29 is 17.9 Å². The molecule has 2 rings (SSSR count). The Kier molecular flexibility index (Phi) is 7.35. The molecule has 3 N–H and O–H groups in total. The summed E-state index contributed by atoms with van der Waals surface area (Å²) >= 11 is 0. The van der Waals surface area contributed by atoms with Crippen LogP contribution in [0.3, 0.4) is 0 Å². The SMILES string of the molecule is Cc1ccccc1OCCN(C)CC(=O)NCc1ccc(S(N)(=O)=O)cc1. The zero-order valence-electron chi connectivity index (χ0n) is 15.5. The van der Waals surface area contributed by atoms with Crippen LogP contribution in [0.5, 0.6) is 5.75 Å². The number of hydrogen-bond donors (Lipinski definition) is 2. The number of aryl methyl sites for hydroxylation is 1. The van der Waals surface area contributed by atoms with E-state index in [1.807, 2.05) is 43.1 Å². The fourth-order valence-electron chi connectivity index (χ4n) is 2.41. The minimum atomic E-state index is -3.70. The Morgan fingerprint density at radius 3 is 2.44 bits per heavy atom. The summed E-state index contributed by atoms with van der Waals surface area (Å²) in [6.07, 6.45) is 0. The topological polar surface area (TPSA) is 102 Å². The van der Waals surface area contributed by atoms with E-state index in [9.17, 15) is 13.2 Å². The second-order valence-corrected chi connectivity index (χ2v) is 7.88. The molecule has 0 aliphatic heterocycles. The van der Waals surface area contributed by atoms with Gasteiger partial charge in [0, 0.05) is 13.1 Å². The number of nitrogens with one attached hydrogen (secondary N) is 1. The fraction of sp³-hybridized carbons (Fsp3) is 0.316. The maximum absolute atomic E-state index is 12.0. The van der Waals surface area contributed by atoms with Crippen LogP contribution in [0.15, 0.2) is 53.4 Å². The lowest BCUT2D eigenvalue weighted by Gasteiger charge is -2.17. The first-order chi connectivity index (χ1) is 12.8. The van der Waals surface area contributed by atoms with Gasteiger partial charge < -0.3 is 10.1 Å². The monoisotopic (exact) mass is 391 g/mol. The number of nitrogens with two attached hydrogens (primary N) is 1. The largest absolute Gasteiger partial charge is 0.492 e. The Bertz CT molecular complexity index is 867. The van der Waals surface area contributed by atoms with Crippen LogP contribution in [0.1, 0.15) is 11.1 Å². The van der Waals surface area contributed by atoms with Crippen molar-refractivity contribution in [1.82, 2.24) is 10.2 Å². The van der Waals surface area contributed by atoms with Gasteiger partial charge in [0.2, 0.25) is 15.9 Å². The average molecular weight is 391 g/mol. The predicted molar refractivity (Wildman–Crippen MR) is 104 cm³/mol. The quantitative estimate of drug-likeness (QED) is 0.670. The molecule has 0 bridgehead atoms. The van der Waals surface area contributed by atoms with E-state index >= 15 is 0 Å². The van der Waals surface area contributed by atoms with Gasteiger partial charge in [-0.3, -0.25) is 9.69 Å². The minimum Gasteiger partial charge on any atom is -0.492 e. The van der Waals surface area contributed by atoms with Crippen molar-refractivity contribution in [3.8, 4) is 5.75 Å². The first-order valence-electron chi connectivity index (χ1n) is 8.51. The molecule has 8 heteroatoms. The van der Waals surface area contributed by atoms with Gasteiger partial charge in [0.15, 0.2) is 0 Å². The molecule has 27 heavy (non-hydrogen) atoms. The van der Waals surface area contributed by atoms with Gasteiger partial charge in [-0.15, -0.1) is 0 Å². The van der Waals surface area contributed by atoms with E-state index in [4.69, 9.17) is 9.88 Å². The van der Waals surface area contributed by atoms with Crippen molar-refractivity contribution in [2.24, 2.45) is 5.14 Å². The molecule has 1 amide bonds. The fourth-order valence-corrected chi connectivity index (χ4v) is 2.92. The third-order valence-corrected chi connectivity index (χ3v) is 4.91. The van der Waals surface area contributed by atoms with Crippen molar-refractivity contribution in [2.45, 2.75) is 18.4 Å². The number of sulfonamides is 1. The molecule has 2 aromatic rings. The Morgan fingerprint density at radius 1 is 1.15 bits per heavy atom. The number of ether oxygens (including phenoxy) is 1. The number of amides is 1. The second kappa shape index (κ2) is 9.50. The maximum atomic E-state index is 12.0. The lowest BCUT2D eigenvalue weighted by molar-refractivity contribution is -0.122. The highest BCUT2D eigenvalue weighted by molar-refractivity contribution is 7.89. The molecule has 0 radical (unpaired) electrons. The van der Waals surface area contributed by atoms with Crippen molar-refractivity contribution in [3.63, 3.8) is 0 Å². The van der Waals surface area contributed by atoms with Crippen LogP contribution in [0.2, 0.25) is 0 Å². The van der Waals surface area contributed by atoms with Crippen LogP contribution in [0.4, 0.5) is 0 Å². The molecule has 0 spiro atoms. The zero-order valence-corrected chi connectivity index (χ0v) is 16.3. The van der Waals surface area contributed by atoms with Crippen molar-refractivity contribution >= 4 is 15.9 Å². The average Bonchev–Trinajstić information content (AvgIpc) is 2.61. The molecule has 0 aromatic heterocycles. The summed E-state index contributed by atoms with van der Waals surface area (Å²) in [5.74, 6) is 0.724. The van der Waals surface area contributed by atoms with Crippen molar-refractivity contribution in [1.29, 1.82) is 0 Å². The molecule has 0 saturated heterocycles. The first kappa shape index (κ1) is 20.9. The first-order valence-corrected chi connectivity index (χ1v) is 10.1. The highest BCUT2D eigenvalue weighted by Gasteiger charge is 2.09. The van der Waals surface area contributed by atoms with Crippen LogP contribution in [-0.4, -0.2) is 46.0 Å². The minimum absolute atomic E-state index is 0.0472. The number of benzene rings is 2. The lowest BCUT2D eigenvalue weighted by Crippen LogP contribution is -2.36. The molecule has 0 aliphatic rings. The molecule has 0 atom stereocenters. The van der Waals surface area contributed by atoms with Gasteiger partial charge in [0.05, 0.1) is 11.4 Å². The van der Waals surface area contributed by atoms with Gasteiger partial charge in [-0.2, -0.15) is 0 Å². The van der Waals surface area contributed by atoms with Crippen molar-refractivity contribution in [3.05, 3.63) is 59.7 Å². The van der Waals surface area contributed by atoms with Gasteiger partial charge >= 0.3 is 0 Å². The summed E-state index contributed by atoms with van der Waals surface area (Å²) in [7, 11) is -1.86. The molecular weight excluding hydrogens is 366 g/mol. The summed E-state index contributed by atoms with van der Waals surface area (Å²) in [6.45, 7) is 3.65. The van der Waals surface area contributed by atoms with Crippen LogP contribution >= 0.6 is 0 Å². The van der Waals surface area contributed by atoms with Gasteiger partial charge in [-0.1, -0.05) is 30.3 Å². The van der Waals surface area contributed by atoms with Crippen LogP contribution in [0.25, 0.3) is 0 Å². The van der Waals surface area contributed by atoms with Gasteiger partial charge in [0.25, 0.3) is 0 Å². The van der Waals surface area contributed by atoms with Crippen LogP contribution in [-0.2, 0) is 21.4 Å². The van der Waals surface area contributed by atoms with E-state index < -0.39 is 10.0 Å². The number of carbonyl (C=O) groups is 1. The molecule has 0 unspecified atom stereocenters. The van der Waals surface area contributed by atoms with Gasteiger partial charge in [-0.25, -0.2) is 13.6 Å². The zero-order chi connectivity index (χ0) is 19.9. The molecular formula is C19H25N3O4S. The summed E-state index contributed by atoms with van der Waals surface area (Å²) in [6, 6.07) is 13.9.